The van der Waals surface area contributed by atoms with Crippen molar-refractivity contribution in [3.63, 3.8) is 0 Å². The molecule has 1 unspecified atom stereocenters. The molecule has 1 aromatic carbocycles. The summed E-state index contributed by atoms with van der Waals surface area (Å²) in [5.74, 6) is -1.14. The van der Waals surface area contributed by atoms with Crippen molar-refractivity contribution in [3.8, 4) is 0 Å². The molecule has 1 atom stereocenters. The van der Waals surface area contributed by atoms with Gasteiger partial charge in [-0.15, -0.1) is 0 Å². The van der Waals surface area contributed by atoms with E-state index in [1.165, 1.54) is 18.2 Å². The van der Waals surface area contributed by atoms with E-state index in [-0.39, 0.29) is 29.4 Å². The number of nitrogens with zero attached hydrogens (tertiary/aromatic N) is 1. The van der Waals surface area contributed by atoms with Crippen molar-refractivity contribution in [2.45, 2.75) is 19.8 Å². The Morgan fingerprint density at radius 3 is 2.96 bits per heavy atom. The van der Waals surface area contributed by atoms with E-state index in [4.69, 9.17) is 16.3 Å². The van der Waals surface area contributed by atoms with Crippen molar-refractivity contribution in [1.29, 1.82) is 0 Å². The third kappa shape index (κ3) is 5.18. The van der Waals surface area contributed by atoms with E-state index < -0.39 is 5.82 Å². The van der Waals surface area contributed by atoms with Crippen LogP contribution in [-0.4, -0.2) is 43.0 Å². The summed E-state index contributed by atoms with van der Waals surface area (Å²) in [6.07, 6.45) is 1.63. The Bertz CT molecular complexity index is 582. The normalized spacial score (nSPS) is 18.5. The van der Waals surface area contributed by atoms with Crippen LogP contribution in [-0.2, 0) is 14.3 Å². The van der Waals surface area contributed by atoms with E-state index in [0.717, 1.165) is 19.4 Å². The number of carbonyl (C=O) groups excluding carboxylic acids is 2. The summed E-state index contributed by atoms with van der Waals surface area (Å²) in [6.45, 7) is 3.58. The number of piperidine rings is 1. The predicted molar refractivity (Wildman–Crippen MR) is 85.8 cm³/mol. The Kier molecular flexibility index (Phi) is 6.36. The predicted octanol–water partition coefficient (Wildman–Crippen LogP) is 2.69. The van der Waals surface area contributed by atoms with E-state index in [0.29, 0.717) is 18.8 Å². The average Bonchev–Trinajstić information content (AvgIpc) is 2.51. The molecule has 1 aromatic rings. The molecular weight excluding hydrogens is 323 g/mol. The van der Waals surface area contributed by atoms with E-state index in [1.54, 1.807) is 6.92 Å². The SMILES string of the molecule is CCOC(=O)C1CCCN(CC(=O)Nc2ccc(F)c(Cl)c2)C1. The van der Waals surface area contributed by atoms with Crippen LogP contribution in [0.25, 0.3) is 0 Å². The molecule has 23 heavy (non-hydrogen) atoms. The van der Waals surface area contributed by atoms with Gasteiger partial charge in [0.15, 0.2) is 0 Å². The number of ether oxygens (including phenoxy) is 1. The second-order valence-electron chi connectivity index (χ2n) is 5.50. The number of hydrogen-bond acceptors (Lipinski definition) is 4. The molecule has 1 amide bonds. The minimum absolute atomic E-state index is 0.0388. The van der Waals surface area contributed by atoms with Crippen molar-refractivity contribution in [1.82, 2.24) is 4.90 Å². The first-order valence-electron chi connectivity index (χ1n) is 7.63. The number of hydrogen-bond donors (Lipinski definition) is 1. The summed E-state index contributed by atoms with van der Waals surface area (Å²) in [5.41, 5.74) is 0.445. The number of likely N-dealkylation sites (tertiary alicyclic amines) is 1. The van der Waals surface area contributed by atoms with Crippen molar-refractivity contribution in [3.05, 3.63) is 29.0 Å². The lowest BCUT2D eigenvalue weighted by Crippen LogP contribution is -2.43. The van der Waals surface area contributed by atoms with Gasteiger partial charge in [0, 0.05) is 12.2 Å². The smallest absolute Gasteiger partial charge is 0.310 e. The molecule has 1 aliphatic rings. The van der Waals surface area contributed by atoms with Gasteiger partial charge in [0.25, 0.3) is 0 Å². The Morgan fingerprint density at radius 1 is 1.48 bits per heavy atom. The second-order valence-corrected chi connectivity index (χ2v) is 5.91. The highest BCUT2D eigenvalue weighted by molar-refractivity contribution is 6.31. The fourth-order valence-electron chi connectivity index (χ4n) is 2.63. The third-order valence-corrected chi connectivity index (χ3v) is 3.99. The number of amides is 1. The number of benzene rings is 1. The van der Waals surface area contributed by atoms with Gasteiger partial charge in [-0.1, -0.05) is 11.6 Å². The molecule has 0 aromatic heterocycles. The minimum atomic E-state index is -0.530. The zero-order valence-corrected chi connectivity index (χ0v) is 13.7. The highest BCUT2D eigenvalue weighted by Crippen LogP contribution is 2.20. The molecule has 126 valence electrons. The fourth-order valence-corrected chi connectivity index (χ4v) is 2.81. The van der Waals surface area contributed by atoms with E-state index in [1.807, 2.05) is 4.90 Å². The Balaban J connectivity index is 1.86. The standard InChI is InChI=1S/C16H20ClFN2O3/c1-2-23-16(22)11-4-3-7-20(9-11)10-15(21)19-12-5-6-14(18)13(17)8-12/h5-6,8,11H,2-4,7,9-10H2,1H3,(H,19,21). The first kappa shape index (κ1) is 17.7. The van der Waals surface area contributed by atoms with Gasteiger partial charge >= 0.3 is 5.97 Å². The van der Waals surface area contributed by atoms with Crippen LogP contribution in [0.1, 0.15) is 19.8 Å². The molecule has 1 aliphatic heterocycles. The number of rotatable bonds is 5. The first-order chi connectivity index (χ1) is 11.0. The number of nitrogens with one attached hydrogen (secondary N) is 1. The molecular formula is C16H20ClFN2O3. The summed E-state index contributed by atoms with van der Waals surface area (Å²) in [5, 5.41) is 2.64. The van der Waals surface area contributed by atoms with Gasteiger partial charge in [0.05, 0.1) is 24.1 Å². The third-order valence-electron chi connectivity index (χ3n) is 3.70. The fraction of sp³-hybridized carbons (Fsp3) is 0.500. The van der Waals surface area contributed by atoms with Gasteiger partial charge in [-0.2, -0.15) is 0 Å². The zero-order chi connectivity index (χ0) is 16.8. The molecule has 0 radical (unpaired) electrons. The molecule has 2 rings (SSSR count). The van der Waals surface area contributed by atoms with E-state index >= 15 is 0 Å². The molecule has 7 heteroatoms. The largest absolute Gasteiger partial charge is 0.466 e. The minimum Gasteiger partial charge on any atom is -0.466 e. The van der Waals surface area contributed by atoms with Gasteiger partial charge in [-0.25, -0.2) is 4.39 Å². The highest BCUT2D eigenvalue weighted by atomic mass is 35.5. The van der Waals surface area contributed by atoms with Crippen LogP contribution in [0.5, 0.6) is 0 Å². The lowest BCUT2D eigenvalue weighted by molar-refractivity contribution is -0.150. The maximum Gasteiger partial charge on any atom is 0.310 e. The van der Waals surface area contributed by atoms with Crippen molar-refractivity contribution >= 4 is 29.2 Å². The van der Waals surface area contributed by atoms with Crippen LogP contribution < -0.4 is 5.32 Å². The summed E-state index contributed by atoms with van der Waals surface area (Å²) >= 11 is 5.68. The van der Waals surface area contributed by atoms with Crippen LogP contribution in [0.2, 0.25) is 5.02 Å². The van der Waals surface area contributed by atoms with E-state index in [9.17, 15) is 14.0 Å². The summed E-state index contributed by atoms with van der Waals surface area (Å²) in [4.78, 5) is 25.8. The molecule has 1 N–H and O–H groups in total. The monoisotopic (exact) mass is 342 g/mol. The molecule has 0 saturated carbocycles. The van der Waals surface area contributed by atoms with Crippen molar-refractivity contribution in [2.75, 3.05) is 31.6 Å². The molecule has 1 fully saturated rings. The molecule has 1 saturated heterocycles. The topological polar surface area (TPSA) is 58.6 Å². The van der Waals surface area contributed by atoms with Gasteiger partial charge in [-0.05, 0) is 44.5 Å². The maximum absolute atomic E-state index is 13.1. The highest BCUT2D eigenvalue weighted by Gasteiger charge is 2.27. The Hall–Kier alpha value is -1.66. The quantitative estimate of drug-likeness (QED) is 0.836. The van der Waals surface area contributed by atoms with Crippen LogP contribution in [0.4, 0.5) is 10.1 Å². The Morgan fingerprint density at radius 2 is 2.26 bits per heavy atom. The maximum atomic E-state index is 13.1. The molecule has 5 nitrogen and oxygen atoms in total. The van der Waals surface area contributed by atoms with Gasteiger partial charge in [0.1, 0.15) is 5.82 Å². The van der Waals surface area contributed by atoms with Crippen molar-refractivity contribution < 1.29 is 18.7 Å². The number of halogens is 2. The van der Waals surface area contributed by atoms with Gasteiger partial charge < -0.3 is 10.1 Å². The summed E-state index contributed by atoms with van der Waals surface area (Å²) in [6, 6.07) is 4.03. The van der Waals surface area contributed by atoms with Crippen molar-refractivity contribution in [2.24, 2.45) is 5.92 Å². The average molecular weight is 343 g/mol. The summed E-state index contributed by atoms with van der Waals surface area (Å²) < 4.78 is 18.1. The number of anilines is 1. The lowest BCUT2D eigenvalue weighted by Gasteiger charge is -2.30. The van der Waals surface area contributed by atoms with Crippen LogP contribution >= 0.6 is 11.6 Å². The number of carbonyl (C=O) groups is 2. The van der Waals surface area contributed by atoms with Gasteiger partial charge in [0.2, 0.25) is 5.91 Å². The molecule has 0 bridgehead atoms. The van der Waals surface area contributed by atoms with Gasteiger partial charge in [-0.3, -0.25) is 14.5 Å². The van der Waals surface area contributed by atoms with Crippen LogP contribution in [0.15, 0.2) is 18.2 Å². The molecule has 0 spiro atoms. The summed E-state index contributed by atoms with van der Waals surface area (Å²) in [7, 11) is 0. The number of esters is 1. The zero-order valence-electron chi connectivity index (χ0n) is 13.0. The van der Waals surface area contributed by atoms with Crippen LogP contribution in [0.3, 0.4) is 0 Å². The second kappa shape index (κ2) is 8.26. The van der Waals surface area contributed by atoms with Crippen LogP contribution in [0, 0.1) is 11.7 Å². The lowest BCUT2D eigenvalue weighted by atomic mass is 9.98. The first-order valence-corrected chi connectivity index (χ1v) is 8.01. The van der Waals surface area contributed by atoms with E-state index in [2.05, 4.69) is 5.32 Å². The molecule has 0 aliphatic carbocycles. The Labute approximate surface area is 139 Å². The molecule has 1 heterocycles.